The Morgan fingerprint density at radius 2 is 1.95 bits per heavy atom. The molecule has 0 radical (unpaired) electrons. The van der Waals surface area contributed by atoms with Crippen molar-refractivity contribution in [3.05, 3.63) is 29.6 Å². The number of carbonyl (C=O) groups is 1. The molecule has 0 bridgehead atoms. The molecule has 116 valence electrons. The third-order valence-corrected chi connectivity index (χ3v) is 3.94. The lowest BCUT2D eigenvalue weighted by atomic mass is 9.95. The van der Waals surface area contributed by atoms with Gasteiger partial charge in [-0.1, -0.05) is 0 Å². The second kappa shape index (κ2) is 6.87. The van der Waals surface area contributed by atoms with Gasteiger partial charge in [-0.05, 0) is 31.0 Å². The van der Waals surface area contributed by atoms with E-state index in [0.29, 0.717) is 11.6 Å². The van der Waals surface area contributed by atoms with E-state index in [1.54, 1.807) is 20.3 Å². The van der Waals surface area contributed by atoms with Crippen LogP contribution in [0.2, 0.25) is 0 Å². The molecular weight excluding hydrogens is 277 g/mol. The summed E-state index contributed by atoms with van der Waals surface area (Å²) in [7, 11) is 3.25. The highest BCUT2D eigenvalue weighted by Gasteiger charge is 2.27. The molecule has 0 atom stereocenters. The number of aromatic carboxylic acids is 1. The smallest absolute Gasteiger partial charge is 0.338 e. The van der Waals surface area contributed by atoms with E-state index in [1.807, 2.05) is 4.90 Å². The number of halogens is 1. The minimum absolute atomic E-state index is 0.210. The molecule has 1 aliphatic rings. The average molecular weight is 297 g/mol. The van der Waals surface area contributed by atoms with Crippen LogP contribution in [0.3, 0.4) is 0 Å². The largest absolute Gasteiger partial charge is 0.478 e. The van der Waals surface area contributed by atoms with Crippen LogP contribution in [0, 0.1) is 11.7 Å². The molecule has 5 nitrogen and oxygen atoms in total. The molecule has 0 unspecified atom stereocenters. The van der Waals surface area contributed by atoms with Crippen LogP contribution in [-0.2, 0) is 9.47 Å². The van der Waals surface area contributed by atoms with Crippen LogP contribution in [0.15, 0.2) is 18.2 Å². The quantitative estimate of drug-likeness (QED) is 0.845. The summed E-state index contributed by atoms with van der Waals surface area (Å²) in [6, 6.07) is 4.25. The molecule has 0 aromatic heterocycles. The maximum atomic E-state index is 13.7. The van der Waals surface area contributed by atoms with Gasteiger partial charge in [0.05, 0.1) is 5.56 Å². The number of anilines is 1. The number of carboxylic acid groups (broad SMARTS) is 1. The lowest BCUT2D eigenvalue weighted by Gasteiger charge is -2.36. The molecule has 21 heavy (non-hydrogen) atoms. The van der Waals surface area contributed by atoms with Gasteiger partial charge in [-0.15, -0.1) is 0 Å². The van der Waals surface area contributed by atoms with Gasteiger partial charge in [0, 0.05) is 38.9 Å². The number of methoxy groups -OCH3 is 2. The first kappa shape index (κ1) is 15.7. The van der Waals surface area contributed by atoms with Gasteiger partial charge in [0.15, 0.2) is 6.29 Å². The first-order chi connectivity index (χ1) is 10.1. The van der Waals surface area contributed by atoms with Crippen molar-refractivity contribution in [2.24, 2.45) is 5.92 Å². The van der Waals surface area contributed by atoms with E-state index in [4.69, 9.17) is 14.6 Å². The monoisotopic (exact) mass is 297 g/mol. The summed E-state index contributed by atoms with van der Waals surface area (Å²) in [6.45, 7) is 1.53. The molecule has 1 aromatic carbocycles. The van der Waals surface area contributed by atoms with Crippen molar-refractivity contribution in [3.8, 4) is 0 Å². The molecule has 1 saturated heterocycles. The normalized spacial score (nSPS) is 16.5. The summed E-state index contributed by atoms with van der Waals surface area (Å²) in [5.41, 5.74) is 0.412. The molecule has 0 aliphatic carbocycles. The van der Waals surface area contributed by atoms with Gasteiger partial charge < -0.3 is 19.5 Å². The van der Waals surface area contributed by atoms with Gasteiger partial charge in [0.25, 0.3) is 0 Å². The molecule has 0 saturated carbocycles. The maximum absolute atomic E-state index is 13.7. The highest BCUT2D eigenvalue weighted by Crippen LogP contribution is 2.27. The van der Waals surface area contributed by atoms with Gasteiger partial charge in [-0.2, -0.15) is 0 Å². The summed E-state index contributed by atoms with van der Waals surface area (Å²) >= 11 is 0. The van der Waals surface area contributed by atoms with E-state index >= 15 is 0 Å². The molecule has 0 amide bonds. The van der Waals surface area contributed by atoms with Crippen LogP contribution in [0.1, 0.15) is 23.2 Å². The average Bonchev–Trinajstić information content (AvgIpc) is 2.48. The van der Waals surface area contributed by atoms with Crippen LogP contribution in [0.25, 0.3) is 0 Å². The number of nitrogens with zero attached hydrogens (tertiary/aromatic N) is 1. The zero-order chi connectivity index (χ0) is 15.4. The summed E-state index contributed by atoms with van der Waals surface area (Å²) < 4.78 is 24.3. The predicted molar refractivity (Wildman–Crippen MR) is 76.1 cm³/mol. The van der Waals surface area contributed by atoms with Gasteiger partial charge >= 0.3 is 5.97 Å². The number of hydrogen-bond acceptors (Lipinski definition) is 4. The predicted octanol–water partition coefficient (Wildman–Crippen LogP) is 2.36. The molecule has 1 aliphatic heterocycles. The highest BCUT2D eigenvalue weighted by atomic mass is 19.1. The molecule has 1 aromatic rings. The van der Waals surface area contributed by atoms with E-state index in [1.165, 1.54) is 12.1 Å². The number of hydrogen-bond donors (Lipinski definition) is 1. The van der Waals surface area contributed by atoms with Crippen LogP contribution in [0.5, 0.6) is 0 Å². The summed E-state index contributed by atoms with van der Waals surface area (Å²) in [5.74, 6) is -1.63. The fraction of sp³-hybridized carbons (Fsp3) is 0.533. The molecule has 6 heteroatoms. The number of piperidine rings is 1. The van der Waals surface area contributed by atoms with Crippen molar-refractivity contribution in [3.63, 3.8) is 0 Å². The Balaban J connectivity index is 2.02. The van der Waals surface area contributed by atoms with Crippen molar-refractivity contribution in [1.82, 2.24) is 0 Å². The van der Waals surface area contributed by atoms with E-state index in [9.17, 15) is 9.18 Å². The van der Waals surface area contributed by atoms with E-state index < -0.39 is 11.8 Å². The number of rotatable bonds is 5. The Morgan fingerprint density at radius 3 is 2.43 bits per heavy atom. The second-order valence-corrected chi connectivity index (χ2v) is 5.13. The van der Waals surface area contributed by atoms with Crippen LogP contribution in [-0.4, -0.2) is 44.7 Å². The Morgan fingerprint density at radius 1 is 1.33 bits per heavy atom. The number of carboxylic acids is 1. The fourth-order valence-corrected chi connectivity index (χ4v) is 2.79. The zero-order valence-corrected chi connectivity index (χ0v) is 12.2. The van der Waals surface area contributed by atoms with Crippen molar-refractivity contribution >= 4 is 11.7 Å². The van der Waals surface area contributed by atoms with Crippen LogP contribution >= 0.6 is 0 Å². The second-order valence-electron chi connectivity index (χ2n) is 5.13. The summed E-state index contributed by atoms with van der Waals surface area (Å²) in [5, 5.41) is 8.84. The highest BCUT2D eigenvalue weighted by molar-refractivity contribution is 5.88. The van der Waals surface area contributed by atoms with Crippen molar-refractivity contribution in [1.29, 1.82) is 0 Å². The minimum atomic E-state index is -1.25. The Labute approximate surface area is 123 Å². The molecule has 1 N–H and O–H groups in total. The lowest BCUT2D eigenvalue weighted by Crippen LogP contribution is -2.39. The maximum Gasteiger partial charge on any atom is 0.338 e. The third-order valence-electron chi connectivity index (χ3n) is 3.94. The molecule has 0 spiro atoms. The number of ether oxygens (including phenoxy) is 2. The first-order valence-corrected chi connectivity index (χ1v) is 6.90. The van der Waals surface area contributed by atoms with Crippen molar-refractivity contribution in [2.45, 2.75) is 19.1 Å². The first-order valence-electron chi connectivity index (χ1n) is 6.90. The Hall–Kier alpha value is -1.66. The van der Waals surface area contributed by atoms with Crippen molar-refractivity contribution < 1.29 is 23.8 Å². The van der Waals surface area contributed by atoms with E-state index in [-0.39, 0.29) is 11.9 Å². The molecular formula is C15H20FNO4. The molecule has 1 heterocycles. The van der Waals surface area contributed by atoms with E-state index in [0.717, 1.165) is 25.9 Å². The number of benzene rings is 1. The Kier molecular flexibility index (Phi) is 5.14. The van der Waals surface area contributed by atoms with Gasteiger partial charge in [0.2, 0.25) is 0 Å². The van der Waals surface area contributed by atoms with Crippen LogP contribution < -0.4 is 4.90 Å². The standard InChI is InChI=1S/C15H20FNO4/c1-20-15(21-2)10-5-7-17(8-6-10)11-3-4-12(14(18)19)13(16)9-11/h3-4,9-10,15H,5-8H2,1-2H3,(H,18,19). The van der Waals surface area contributed by atoms with Gasteiger partial charge in [0.1, 0.15) is 5.82 Å². The lowest BCUT2D eigenvalue weighted by molar-refractivity contribution is -0.141. The fourth-order valence-electron chi connectivity index (χ4n) is 2.79. The topological polar surface area (TPSA) is 59.0 Å². The van der Waals surface area contributed by atoms with Gasteiger partial charge in [-0.25, -0.2) is 9.18 Å². The van der Waals surface area contributed by atoms with Crippen LogP contribution in [0.4, 0.5) is 10.1 Å². The van der Waals surface area contributed by atoms with E-state index in [2.05, 4.69) is 0 Å². The van der Waals surface area contributed by atoms with Gasteiger partial charge in [-0.3, -0.25) is 0 Å². The Bertz CT molecular complexity index is 496. The van der Waals surface area contributed by atoms with Crippen molar-refractivity contribution in [2.75, 3.05) is 32.2 Å². The minimum Gasteiger partial charge on any atom is -0.478 e. The summed E-state index contributed by atoms with van der Waals surface area (Å²) in [6.07, 6.45) is 1.56. The zero-order valence-electron chi connectivity index (χ0n) is 12.2. The third kappa shape index (κ3) is 3.51. The molecule has 2 rings (SSSR count). The summed E-state index contributed by atoms with van der Waals surface area (Å²) in [4.78, 5) is 12.9. The molecule has 1 fully saturated rings. The SMILES string of the molecule is COC(OC)C1CCN(c2ccc(C(=O)O)c(F)c2)CC1.